The van der Waals surface area contributed by atoms with Gasteiger partial charge in [-0.1, -0.05) is 30.3 Å². The molecule has 6 nitrogen and oxygen atoms in total. The molecule has 0 saturated carbocycles. The second kappa shape index (κ2) is 5.70. The zero-order valence-electron chi connectivity index (χ0n) is 12.6. The maximum atomic E-state index is 12.6. The third-order valence-corrected chi connectivity index (χ3v) is 4.70. The first-order chi connectivity index (χ1) is 10.5. The molecule has 2 aliphatic rings. The number of likely N-dealkylation sites (tertiary alicyclic amines) is 1. The molecular formula is C16H21N3O3. The average Bonchev–Trinajstić information content (AvgIpc) is 3.15. The number of hydrogen-bond acceptors (Lipinski definition) is 4. The zero-order valence-corrected chi connectivity index (χ0v) is 12.6. The SMILES string of the molecule is CC1(C(=O)O)CCN(C(=O)C2CC(c3ccccc3)NN2)C1. The fourth-order valence-electron chi connectivity index (χ4n) is 3.17. The number of carbonyl (C=O) groups is 2. The summed E-state index contributed by atoms with van der Waals surface area (Å²) in [4.78, 5) is 25.5. The largest absolute Gasteiger partial charge is 0.481 e. The number of hydrogen-bond donors (Lipinski definition) is 3. The first-order valence-electron chi connectivity index (χ1n) is 7.58. The highest BCUT2D eigenvalue weighted by Gasteiger charge is 2.44. The molecule has 1 aromatic carbocycles. The Morgan fingerprint density at radius 1 is 1.27 bits per heavy atom. The van der Waals surface area contributed by atoms with Crippen molar-refractivity contribution in [2.24, 2.45) is 5.41 Å². The summed E-state index contributed by atoms with van der Waals surface area (Å²) in [5.41, 5.74) is 6.53. The van der Waals surface area contributed by atoms with E-state index in [2.05, 4.69) is 10.9 Å². The van der Waals surface area contributed by atoms with Crippen molar-refractivity contribution in [3.8, 4) is 0 Å². The molecule has 118 valence electrons. The molecule has 1 aromatic rings. The van der Waals surface area contributed by atoms with Crippen LogP contribution in [0.2, 0.25) is 0 Å². The lowest BCUT2D eigenvalue weighted by atomic mass is 9.90. The van der Waals surface area contributed by atoms with Gasteiger partial charge in [-0.25, -0.2) is 10.9 Å². The summed E-state index contributed by atoms with van der Waals surface area (Å²) >= 11 is 0. The Kier molecular flexibility index (Phi) is 3.88. The number of benzene rings is 1. The van der Waals surface area contributed by atoms with Crippen molar-refractivity contribution >= 4 is 11.9 Å². The number of rotatable bonds is 3. The highest BCUT2D eigenvalue weighted by Crippen LogP contribution is 2.31. The first kappa shape index (κ1) is 15.0. The van der Waals surface area contributed by atoms with Crippen LogP contribution in [0.4, 0.5) is 0 Å². The Morgan fingerprint density at radius 2 is 2.00 bits per heavy atom. The van der Waals surface area contributed by atoms with Gasteiger partial charge in [0.1, 0.15) is 6.04 Å². The summed E-state index contributed by atoms with van der Waals surface area (Å²) in [7, 11) is 0. The number of hydrazine groups is 1. The molecule has 1 amide bonds. The van der Waals surface area contributed by atoms with Crippen molar-refractivity contribution in [1.29, 1.82) is 0 Å². The van der Waals surface area contributed by atoms with Gasteiger partial charge in [0.25, 0.3) is 0 Å². The molecule has 2 heterocycles. The molecule has 3 unspecified atom stereocenters. The predicted molar refractivity (Wildman–Crippen MR) is 80.8 cm³/mol. The van der Waals surface area contributed by atoms with Crippen molar-refractivity contribution in [3.63, 3.8) is 0 Å². The second-order valence-corrected chi connectivity index (χ2v) is 6.42. The van der Waals surface area contributed by atoms with Crippen molar-refractivity contribution < 1.29 is 14.7 Å². The fraction of sp³-hybridized carbons (Fsp3) is 0.500. The number of amides is 1. The molecule has 0 bridgehead atoms. The molecule has 0 aliphatic carbocycles. The van der Waals surface area contributed by atoms with E-state index in [-0.39, 0.29) is 24.5 Å². The van der Waals surface area contributed by atoms with E-state index in [4.69, 9.17) is 0 Å². The molecule has 6 heteroatoms. The minimum Gasteiger partial charge on any atom is -0.481 e. The van der Waals surface area contributed by atoms with Gasteiger partial charge in [-0.05, 0) is 25.3 Å². The minimum absolute atomic E-state index is 0.0177. The number of aliphatic carboxylic acids is 1. The number of carbonyl (C=O) groups excluding carboxylic acids is 1. The van der Waals surface area contributed by atoms with Crippen LogP contribution in [0, 0.1) is 5.41 Å². The van der Waals surface area contributed by atoms with Crippen LogP contribution in [0.25, 0.3) is 0 Å². The summed E-state index contributed by atoms with van der Waals surface area (Å²) in [6.07, 6.45) is 1.18. The number of carboxylic acid groups (broad SMARTS) is 1. The van der Waals surface area contributed by atoms with Gasteiger partial charge in [0.05, 0.1) is 5.41 Å². The van der Waals surface area contributed by atoms with E-state index in [1.165, 1.54) is 0 Å². The number of carboxylic acids is 1. The normalized spacial score (nSPS) is 31.4. The Balaban J connectivity index is 1.62. The maximum Gasteiger partial charge on any atom is 0.311 e. The van der Waals surface area contributed by atoms with Crippen molar-refractivity contribution in [2.45, 2.75) is 31.8 Å². The number of nitrogens with zero attached hydrogens (tertiary/aromatic N) is 1. The van der Waals surface area contributed by atoms with Gasteiger partial charge in [-0.2, -0.15) is 0 Å². The van der Waals surface area contributed by atoms with Crippen LogP contribution in [0.3, 0.4) is 0 Å². The van der Waals surface area contributed by atoms with Crippen LogP contribution >= 0.6 is 0 Å². The zero-order chi connectivity index (χ0) is 15.7. The van der Waals surface area contributed by atoms with Gasteiger partial charge < -0.3 is 10.0 Å². The van der Waals surface area contributed by atoms with Crippen LogP contribution in [-0.4, -0.2) is 41.0 Å². The van der Waals surface area contributed by atoms with E-state index in [9.17, 15) is 14.7 Å². The van der Waals surface area contributed by atoms with Crippen LogP contribution < -0.4 is 10.9 Å². The van der Waals surface area contributed by atoms with Crippen molar-refractivity contribution in [3.05, 3.63) is 35.9 Å². The fourth-order valence-corrected chi connectivity index (χ4v) is 3.17. The third-order valence-electron chi connectivity index (χ3n) is 4.70. The summed E-state index contributed by atoms with van der Waals surface area (Å²) in [6, 6.07) is 9.78. The molecule has 22 heavy (non-hydrogen) atoms. The molecular weight excluding hydrogens is 282 g/mol. The molecule has 0 aromatic heterocycles. The lowest BCUT2D eigenvalue weighted by molar-refractivity contribution is -0.147. The molecule has 0 spiro atoms. The molecule has 3 rings (SSSR count). The topological polar surface area (TPSA) is 81.7 Å². The summed E-state index contributed by atoms with van der Waals surface area (Å²) in [5, 5.41) is 9.26. The summed E-state index contributed by atoms with van der Waals surface area (Å²) < 4.78 is 0. The highest BCUT2D eigenvalue weighted by atomic mass is 16.4. The molecule has 3 N–H and O–H groups in total. The van der Waals surface area contributed by atoms with Gasteiger partial charge in [0.2, 0.25) is 5.91 Å². The summed E-state index contributed by atoms with van der Waals surface area (Å²) in [6.45, 7) is 2.50. The minimum atomic E-state index is -0.831. The molecule has 0 radical (unpaired) electrons. The number of nitrogens with one attached hydrogen (secondary N) is 2. The van der Waals surface area contributed by atoms with Crippen LogP contribution in [-0.2, 0) is 9.59 Å². The smallest absolute Gasteiger partial charge is 0.311 e. The molecule has 2 saturated heterocycles. The maximum absolute atomic E-state index is 12.6. The first-order valence-corrected chi connectivity index (χ1v) is 7.58. The third kappa shape index (κ3) is 2.71. The van der Waals surface area contributed by atoms with E-state index in [0.717, 1.165) is 5.56 Å². The molecule has 3 atom stereocenters. The highest BCUT2D eigenvalue weighted by molar-refractivity contribution is 5.84. The van der Waals surface area contributed by atoms with Crippen molar-refractivity contribution in [1.82, 2.24) is 15.8 Å². The van der Waals surface area contributed by atoms with E-state index in [1.807, 2.05) is 30.3 Å². The Labute approximate surface area is 129 Å². The van der Waals surface area contributed by atoms with Gasteiger partial charge in [-0.3, -0.25) is 9.59 Å². The Bertz CT molecular complexity index is 577. The van der Waals surface area contributed by atoms with E-state index in [0.29, 0.717) is 19.4 Å². The Morgan fingerprint density at radius 3 is 2.64 bits per heavy atom. The lowest BCUT2D eigenvalue weighted by Crippen LogP contribution is -2.45. The van der Waals surface area contributed by atoms with Gasteiger partial charge in [-0.15, -0.1) is 0 Å². The quantitative estimate of drug-likeness (QED) is 0.773. The van der Waals surface area contributed by atoms with Crippen LogP contribution in [0.1, 0.15) is 31.4 Å². The average molecular weight is 303 g/mol. The molecule has 2 aliphatic heterocycles. The van der Waals surface area contributed by atoms with E-state index >= 15 is 0 Å². The van der Waals surface area contributed by atoms with Gasteiger partial charge in [0, 0.05) is 19.1 Å². The predicted octanol–water partition coefficient (Wildman–Crippen LogP) is 0.917. The Hall–Kier alpha value is -1.92. The monoisotopic (exact) mass is 303 g/mol. The van der Waals surface area contributed by atoms with Gasteiger partial charge >= 0.3 is 5.97 Å². The van der Waals surface area contributed by atoms with Gasteiger partial charge in [0.15, 0.2) is 0 Å². The van der Waals surface area contributed by atoms with Crippen molar-refractivity contribution in [2.75, 3.05) is 13.1 Å². The second-order valence-electron chi connectivity index (χ2n) is 6.42. The van der Waals surface area contributed by atoms with Crippen LogP contribution in [0.15, 0.2) is 30.3 Å². The molecule has 2 fully saturated rings. The van der Waals surface area contributed by atoms with Crippen LogP contribution in [0.5, 0.6) is 0 Å². The van der Waals surface area contributed by atoms with E-state index < -0.39 is 11.4 Å². The van der Waals surface area contributed by atoms with E-state index in [1.54, 1.807) is 11.8 Å². The standard InChI is InChI=1S/C16H21N3O3/c1-16(15(21)22)7-8-19(10-16)14(20)13-9-12(17-18-13)11-5-3-2-4-6-11/h2-6,12-13,17-18H,7-10H2,1H3,(H,21,22). The summed E-state index contributed by atoms with van der Waals surface area (Å²) in [5.74, 6) is -0.849. The lowest BCUT2D eigenvalue weighted by Gasteiger charge is -2.22.